The largest absolute Gasteiger partial charge is 0.326 e. The Labute approximate surface area is 104 Å². The average molecular weight is 257 g/mol. The highest BCUT2D eigenvalue weighted by atomic mass is 35.5. The average Bonchev–Trinajstić information content (AvgIpc) is 2.29. The summed E-state index contributed by atoms with van der Waals surface area (Å²) in [5.41, 5.74) is 1.22. The molecule has 1 rings (SSSR count). The number of anilines is 1. The molecule has 0 bridgehead atoms. The van der Waals surface area contributed by atoms with Crippen molar-refractivity contribution in [2.75, 3.05) is 11.2 Å². The topological polar surface area (TPSA) is 72.2 Å². The number of carbonyl (C=O) groups is 1. The lowest BCUT2D eigenvalue weighted by Gasteiger charge is -2.07. The number of carbonyl (C=O) groups excluding carboxylic acids is 1. The Hall–Kier alpha value is -1.62. The maximum absolute atomic E-state index is 11.5. The Morgan fingerprint density at radius 2 is 2.24 bits per heavy atom. The maximum Gasteiger partial charge on any atom is 0.271 e. The van der Waals surface area contributed by atoms with Gasteiger partial charge in [-0.2, -0.15) is 0 Å². The first-order valence-corrected chi connectivity index (χ1v) is 5.69. The third kappa shape index (κ3) is 4.03. The molecule has 0 spiro atoms. The molecule has 1 amide bonds. The molecule has 0 aliphatic carbocycles. The lowest BCUT2D eigenvalue weighted by molar-refractivity contribution is -0.384. The van der Waals surface area contributed by atoms with E-state index in [2.05, 4.69) is 5.32 Å². The summed E-state index contributed by atoms with van der Waals surface area (Å²) >= 11 is 5.48. The van der Waals surface area contributed by atoms with Gasteiger partial charge in [-0.05, 0) is 18.9 Å². The number of rotatable bonds is 5. The van der Waals surface area contributed by atoms with Crippen molar-refractivity contribution < 1.29 is 9.72 Å². The van der Waals surface area contributed by atoms with Crippen molar-refractivity contribution in [3.8, 4) is 0 Å². The van der Waals surface area contributed by atoms with E-state index in [9.17, 15) is 14.9 Å². The number of nitro groups is 1. The van der Waals surface area contributed by atoms with Crippen molar-refractivity contribution in [2.45, 2.75) is 19.8 Å². The summed E-state index contributed by atoms with van der Waals surface area (Å²) in [6.07, 6.45) is 0.896. The van der Waals surface area contributed by atoms with E-state index in [4.69, 9.17) is 11.6 Å². The minimum absolute atomic E-state index is 0.0387. The van der Waals surface area contributed by atoms with Gasteiger partial charge in [-0.25, -0.2) is 0 Å². The predicted molar refractivity (Wildman–Crippen MR) is 66.4 cm³/mol. The Morgan fingerprint density at radius 1 is 1.53 bits per heavy atom. The lowest BCUT2D eigenvalue weighted by atomic mass is 10.1. The van der Waals surface area contributed by atoms with Crippen LogP contribution in [0.25, 0.3) is 0 Å². The Morgan fingerprint density at radius 3 is 2.82 bits per heavy atom. The van der Waals surface area contributed by atoms with Crippen molar-refractivity contribution in [3.63, 3.8) is 0 Å². The molecule has 17 heavy (non-hydrogen) atoms. The molecule has 1 aromatic rings. The molecule has 5 nitrogen and oxygen atoms in total. The van der Waals surface area contributed by atoms with Gasteiger partial charge >= 0.3 is 0 Å². The predicted octanol–water partition coefficient (Wildman–Crippen LogP) is 2.86. The number of alkyl halides is 1. The van der Waals surface area contributed by atoms with Gasteiger partial charge in [0.25, 0.3) is 5.69 Å². The normalized spacial score (nSPS) is 10.0. The first-order valence-electron chi connectivity index (χ1n) is 5.15. The van der Waals surface area contributed by atoms with Crippen molar-refractivity contribution in [2.24, 2.45) is 0 Å². The molecule has 0 radical (unpaired) electrons. The van der Waals surface area contributed by atoms with Gasteiger partial charge in [0.2, 0.25) is 5.91 Å². The summed E-state index contributed by atoms with van der Waals surface area (Å²) < 4.78 is 0. The van der Waals surface area contributed by atoms with E-state index in [1.807, 2.05) is 0 Å². The molecule has 0 heterocycles. The van der Waals surface area contributed by atoms with Gasteiger partial charge in [0.05, 0.1) is 10.6 Å². The Bertz CT molecular complexity index is 435. The zero-order chi connectivity index (χ0) is 12.8. The highest BCUT2D eigenvalue weighted by Crippen LogP contribution is 2.21. The molecular weight excluding hydrogens is 244 g/mol. The first kappa shape index (κ1) is 13.4. The molecule has 0 aliphatic rings. The van der Waals surface area contributed by atoms with Crippen LogP contribution in [-0.4, -0.2) is 16.7 Å². The monoisotopic (exact) mass is 256 g/mol. The highest BCUT2D eigenvalue weighted by molar-refractivity contribution is 6.18. The van der Waals surface area contributed by atoms with Crippen LogP contribution >= 0.6 is 11.6 Å². The first-order chi connectivity index (χ1) is 8.04. The van der Waals surface area contributed by atoms with E-state index in [0.717, 1.165) is 5.56 Å². The molecule has 1 N–H and O–H groups in total. The molecule has 0 fully saturated rings. The van der Waals surface area contributed by atoms with E-state index in [0.29, 0.717) is 24.4 Å². The van der Waals surface area contributed by atoms with Crippen LogP contribution in [0.4, 0.5) is 11.4 Å². The number of hydrogen-bond acceptors (Lipinski definition) is 3. The number of nitrogens with zero attached hydrogens (tertiary/aromatic N) is 1. The van der Waals surface area contributed by atoms with Crippen LogP contribution in [0.5, 0.6) is 0 Å². The standard InChI is InChI=1S/C11H13ClN2O3/c1-8-4-5-9(14(16)17)7-10(8)13-11(15)3-2-6-12/h4-5,7H,2-3,6H2,1H3,(H,13,15). The van der Waals surface area contributed by atoms with Crippen LogP contribution in [-0.2, 0) is 4.79 Å². The number of hydrogen-bond donors (Lipinski definition) is 1. The number of nitro benzene ring substituents is 1. The molecule has 0 aliphatic heterocycles. The van der Waals surface area contributed by atoms with Crippen molar-refractivity contribution in [1.29, 1.82) is 0 Å². The SMILES string of the molecule is Cc1ccc([N+](=O)[O-])cc1NC(=O)CCCCl. The van der Waals surface area contributed by atoms with Crippen LogP contribution in [0, 0.1) is 17.0 Å². The van der Waals surface area contributed by atoms with Crippen LogP contribution < -0.4 is 5.32 Å². The van der Waals surface area contributed by atoms with E-state index < -0.39 is 4.92 Å². The molecule has 92 valence electrons. The van der Waals surface area contributed by atoms with Gasteiger partial charge < -0.3 is 5.32 Å². The Kier molecular flexibility index (Phi) is 4.90. The maximum atomic E-state index is 11.5. The number of halogens is 1. The summed E-state index contributed by atoms with van der Waals surface area (Å²) in [7, 11) is 0. The van der Waals surface area contributed by atoms with Gasteiger partial charge in [0, 0.05) is 24.4 Å². The fraction of sp³-hybridized carbons (Fsp3) is 0.364. The van der Waals surface area contributed by atoms with Gasteiger partial charge in [-0.15, -0.1) is 11.6 Å². The van der Waals surface area contributed by atoms with E-state index in [1.165, 1.54) is 12.1 Å². The zero-order valence-electron chi connectivity index (χ0n) is 9.40. The summed E-state index contributed by atoms with van der Waals surface area (Å²) in [5.74, 6) is 0.232. The van der Waals surface area contributed by atoms with Gasteiger partial charge in [-0.3, -0.25) is 14.9 Å². The van der Waals surface area contributed by atoms with Gasteiger partial charge in [0.1, 0.15) is 0 Å². The van der Waals surface area contributed by atoms with Gasteiger partial charge in [0.15, 0.2) is 0 Å². The highest BCUT2D eigenvalue weighted by Gasteiger charge is 2.10. The molecule has 0 saturated heterocycles. The molecule has 0 unspecified atom stereocenters. The number of amides is 1. The fourth-order valence-corrected chi connectivity index (χ4v) is 1.43. The minimum atomic E-state index is -0.492. The second-order valence-corrected chi connectivity index (χ2v) is 3.98. The van der Waals surface area contributed by atoms with E-state index in [-0.39, 0.29) is 11.6 Å². The number of non-ortho nitro benzene ring substituents is 1. The lowest BCUT2D eigenvalue weighted by Crippen LogP contribution is -2.12. The molecule has 0 saturated carbocycles. The third-order valence-electron chi connectivity index (χ3n) is 2.24. The van der Waals surface area contributed by atoms with Crippen LogP contribution in [0.1, 0.15) is 18.4 Å². The molecule has 0 aromatic heterocycles. The molecule has 6 heteroatoms. The quantitative estimate of drug-likeness (QED) is 0.500. The van der Waals surface area contributed by atoms with Crippen LogP contribution in [0.3, 0.4) is 0 Å². The molecular formula is C11H13ClN2O3. The smallest absolute Gasteiger partial charge is 0.271 e. The number of nitrogens with one attached hydrogen (secondary N) is 1. The fourth-order valence-electron chi connectivity index (χ4n) is 1.30. The third-order valence-corrected chi connectivity index (χ3v) is 2.51. The summed E-state index contributed by atoms with van der Waals surface area (Å²) in [4.78, 5) is 21.6. The van der Waals surface area contributed by atoms with Crippen molar-refractivity contribution in [1.82, 2.24) is 0 Å². The number of aryl methyl sites for hydroxylation is 1. The van der Waals surface area contributed by atoms with Gasteiger partial charge in [-0.1, -0.05) is 6.07 Å². The van der Waals surface area contributed by atoms with E-state index in [1.54, 1.807) is 13.0 Å². The second kappa shape index (κ2) is 6.20. The second-order valence-electron chi connectivity index (χ2n) is 3.60. The Balaban J connectivity index is 2.79. The summed E-state index contributed by atoms with van der Waals surface area (Å²) in [6.45, 7) is 1.78. The van der Waals surface area contributed by atoms with Crippen molar-refractivity contribution in [3.05, 3.63) is 33.9 Å². The van der Waals surface area contributed by atoms with Crippen molar-refractivity contribution >= 4 is 28.9 Å². The van der Waals surface area contributed by atoms with Crippen LogP contribution in [0.15, 0.2) is 18.2 Å². The zero-order valence-corrected chi connectivity index (χ0v) is 10.2. The summed E-state index contributed by atoms with van der Waals surface area (Å²) in [6, 6.07) is 4.37. The summed E-state index contributed by atoms with van der Waals surface area (Å²) in [5, 5.41) is 13.2. The molecule has 0 atom stereocenters. The molecule has 1 aromatic carbocycles. The van der Waals surface area contributed by atoms with Crippen LogP contribution in [0.2, 0.25) is 0 Å². The number of benzene rings is 1. The minimum Gasteiger partial charge on any atom is -0.326 e. The van der Waals surface area contributed by atoms with E-state index >= 15 is 0 Å².